The second kappa shape index (κ2) is 5.04. The number of carbonyl (C=O) groups is 3. The molecule has 1 aromatic rings. The predicted octanol–water partition coefficient (Wildman–Crippen LogP) is 1.69. The lowest BCUT2D eigenvalue weighted by Gasteiger charge is -2.20. The number of methoxy groups -OCH3 is 1. The minimum absolute atomic E-state index is 0.122. The largest absolute Gasteiger partial charge is 0.469 e. The molecule has 0 spiro atoms. The van der Waals surface area contributed by atoms with Crippen molar-refractivity contribution in [1.29, 1.82) is 0 Å². The van der Waals surface area contributed by atoms with Gasteiger partial charge in [0.25, 0.3) is 5.91 Å². The molecule has 2 aliphatic heterocycles. The third-order valence-corrected chi connectivity index (χ3v) is 4.52. The van der Waals surface area contributed by atoms with E-state index in [-0.39, 0.29) is 18.1 Å². The van der Waals surface area contributed by atoms with Crippen LogP contribution >= 0.6 is 11.8 Å². The highest BCUT2D eigenvalue weighted by atomic mass is 32.2. The molecule has 6 heteroatoms. The Kier molecular flexibility index (Phi) is 3.33. The first-order valence-corrected chi connectivity index (χ1v) is 7.65. The number of hydrogen-bond donors (Lipinski definition) is 0. The van der Waals surface area contributed by atoms with E-state index >= 15 is 0 Å². The number of Topliss-reactive ketones (excluding diaryl/α,β-unsaturated/α-hetero) is 1. The minimum atomic E-state index is -0.796. The molecule has 5 nitrogen and oxygen atoms in total. The summed E-state index contributed by atoms with van der Waals surface area (Å²) in [5, 5.41) is 0. The topological polar surface area (TPSA) is 63.7 Å². The number of esters is 1. The molecule has 2 heterocycles. The SMILES string of the molecule is COC(=O)CC1C(=O)C(SC)=C2c3ccccc3C(=O)N21. The summed E-state index contributed by atoms with van der Waals surface area (Å²) in [4.78, 5) is 38.5. The van der Waals surface area contributed by atoms with E-state index < -0.39 is 12.0 Å². The summed E-state index contributed by atoms with van der Waals surface area (Å²) in [6.07, 6.45) is 1.67. The van der Waals surface area contributed by atoms with Gasteiger partial charge in [-0.2, -0.15) is 0 Å². The smallest absolute Gasteiger partial charge is 0.308 e. The zero-order chi connectivity index (χ0) is 15.1. The molecule has 1 amide bonds. The molecule has 0 aliphatic carbocycles. The number of amides is 1. The Balaban J connectivity index is 2.11. The Labute approximate surface area is 125 Å². The standard InChI is InChI=1S/C15H13NO4S/c1-20-11(17)7-10-13(18)14(21-2)12-8-5-3-4-6-9(8)15(19)16(10)12/h3-6,10H,7H2,1-2H3. The molecule has 0 saturated carbocycles. The fourth-order valence-corrected chi connectivity index (χ4v) is 3.51. The van der Waals surface area contributed by atoms with Crippen molar-refractivity contribution in [2.24, 2.45) is 0 Å². The third-order valence-electron chi connectivity index (χ3n) is 3.72. The van der Waals surface area contributed by atoms with Crippen molar-refractivity contribution in [3.05, 3.63) is 40.3 Å². The van der Waals surface area contributed by atoms with Crippen LogP contribution in [-0.4, -0.2) is 42.0 Å². The highest BCUT2D eigenvalue weighted by Gasteiger charge is 2.49. The minimum Gasteiger partial charge on any atom is -0.469 e. The molecule has 21 heavy (non-hydrogen) atoms. The third kappa shape index (κ3) is 1.90. The molecule has 108 valence electrons. The van der Waals surface area contributed by atoms with Crippen molar-refractivity contribution in [3.63, 3.8) is 0 Å². The molecule has 0 fully saturated rings. The molecule has 0 saturated heterocycles. The molecular weight excluding hydrogens is 290 g/mol. The first-order valence-electron chi connectivity index (χ1n) is 6.42. The van der Waals surface area contributed by atoms with Gasteiger partial charge in [0.1, 0.15) is 6.04 Å². The van der Waals surface area contributed by atoms with Crippen molar-refractivity contribution in [2.45, 2.75) is 12.5 Å². The van der Waals surface area contributed by atoms with Crippen molar-refractivity contribution in [3.8, 4) is 0 Å². The van der Waals surface area contributed by atoms with Crippen LogP contribution in [0.1, 0.15) is 22.3 Å². The maximum Gasteiger partial charge on any atom is 0.308 e. The average molecular weight is 303 g/mol. The normalized spacial score (nSPS) is 19.9. The van der Waals surface area contributed by atoms with E-state index in [4.69, 9.17) is 0 Å². The molecule has 2 aliphatic rings. The highest BCUT2D eigenvalue weighted by molar-refractivity contribution is 8.03. The highest BCUT2D eigenvalue weighted by Crippen LogP contribution is 2.45. The van der Waals surface area contributed by atoms with Gasteiger partial charge in [0.05, 0.1) is 24.1 Å². The van der Waals surface area contributed by atoms with Crippen LogP contribution in [0.3, 0.4) is 0 Å². The van der Waals surface area contributed by atoms with Crippen LogP contribution in [0.15, 0.2) is 29.2 Å². The fraction of sp³-hybridized carbons (Fsp3) is 0.267. The number of hydrogen-bond acceptors (Lipinski definition) is 5. The van der Waals surface area contributed by atoms with E-state index in [2.05, 4.69) is 4.74 Å². The average Bonchev–Trinajstić information content (AvgIpc) is 2.94. The summed E-state index contributed by atoms with van der Waals surface area (Å²) in [5.74, 6) is -0.920. The van der Waals surface area contributed by atoms with Crippen molar-refractivity contribution in [1.82, 2.24) is 4.90 Å². The van der Waals surface area contributed by atoms with Gasteiger partial charge < -0.3 is 4.74 Å². The van der Waals surface area contributed by atoms with Crippen LogP contribution in [0.5, 0.6) is 0 Å². The second-order valence-corrected chi connectivity index (χ2v) is 5.58. The van der Waals surface area contributed by atoms with E-state index in [1.165, 1.54) is 23.8 Å². The Morgan fingerprint density at radius 2 is 1.95 bits per heavy atom. The van der Waals surface area contributed by atoms with E-state index in [1.807, 2.05) is 12.1 Å². The predicted molar refractivity (Wildman–Crippen MR) is 78.5 cm³/mol. The van der Waals surface area contributed by atoms with Gasteiger partial charge in [-0.05, 0) is 12.3 Å². The summed E-state index contributed by atoms with van der Waals surface area (Å²) in [5.41, 5.74) is 1.95. The first kappa shape index (κ1) is 13.9. The Morgan fingerprint density at radius 1 is 1.29 bits per heavy atom. The van der Waals surface area contributed by atoms with Gasteiger partial charge >= 0.3 is 5.97 Å². The van der Waals surface area contributed by atoms with E-state index in [9.17, 15) is 14.4 Å². The lowest BCUT2D eigenvalue weighted by Crippen LogP contribution is -2.37. The van der Waals surface area contributed by atoms with Crippen LogP contribution in [0.4, 0.5) is 0 Å². The monoisotopic (exact) mass is 303 g/mol. The van der Waals surface area contributed by atoms with Gasteiger partial charge in [-0.1, -0.05) is 18.2 Å². The zero-order valence-electron chi connectivity index (χ0n) is 11.6. The second-order valence-electron chi connectivity index (χ2n) is 4.76. The fourth-order valence-electron chi connectivity index (χ4n) is 2.77. The van der Waals surface area contributed by atoms with Crippen molar-refractivity contribution >= 4 is 35.1 Å². The zero-order valence-corrected chi connectivity index (χ0v) is 12.4. The maximum atomic E-state index is 12.5. The van der Waals surface area contributed by atoms with Crippen LogP contribution in [0, 0.1) is 0 Å². The first-order chi connectivity index (χ1) is 10.1. The maximum absolute atomic E-state index is 12.5. The number of thioether (sulfide) groups is 1. The van der Waals surface area contributed by atoms with Gasteiger partial charge in [-0.15, -0.1) is 11.8 Å². The van der Waals surface area contributed by atoms with Crippen LogP contribution in [0.2, 0.25) is 0 Å². The van der Waals surface area contributed by atoms with Crippen LogP contribution in [-0.2, 0) is 14.3 Å². The molecule has 0 bridgehead atoms. The quantitative estimate of drug-likeness (QED) is 0.795. The number of fused-ring (bicyclic) bond motifs is 3. The van der Waals surface area contributed by atoms with E-state index in [0.717, 1.165) is 5.56 Å². The number of rotatable bonds is 3. The van der Waals surface area contributed by atoms with E-state index in [1.54, 1.807) is 18.4 Å². The van der Waals surface area contributed by atoms with Gasteiger partial charge in [-0.3, -0.25) is 19.3 Å². The lowest BCUT2D eigenvalue weighted by atomic mass is 10.1. The Bertz CT molecular complexity index is 695. The number of benzene rings is 1. The summed E-state index contributed by atoms with van der Waals surface area (Å²) in [6, 6.07) is 6.39. The number of nitrogens with zero attached hydrogens (tertiary/aromatic N) is 1. The summed E-state index contributed by atoms with van der Waals surface area (Å²) in [6.45, 7) is 0. The summed E-state index contributed by atoms with van der Waals surface area (Å²) in [7, 11) is 1.27. The molecule has 3 rings (SSSR count). The molecule has 0 N–H and O–H groups in total. The number of ether oxygens (including phenoxy) is 1. The number of ketones is 1. The van der Waals surface area contributed by atoms with Crippen molar-refractivity contribution in [2.75, 3.05) is 13.4 Å². The van der Waals surface area contributed by atoms with Gasteiger partial charge in [-0.25, -0.2) is 0 Å². The molecule has 0 radical (unpaired) electrons. The van der Waals surface area contributed by atoms with Crippen LogP contribution in [0.25, 0.3) is 5.70 Å². The summed E-state index contributed by atoms with van der Waals surface area (Å²) < 4.78 is 4.64. The lowest BCUT2D eigenvalue weighted by molar-refractivity contribution is -0.142. The van der Waals surface area contributed by atoms with Gasteiger partial charge in [0.15, 0.2) is 5.78 Å². The molecule has 1 aromatic carbocycles. The van der Waals surface area contributed by atoms with Crippen molar-refractivity contribution < 1.29 is 19.1 Å². The Hall–Kier alpha value is -2.08. The molecule has 1 unspecified atom stereocenters. The van der Waals surface area contributed by atoms with E-state index in [0.29, 0.717) is 16.2 Å². The summed E-state index contributed by atoms with van der Waals surface area (Å²) >= 11 is 1.31. The van der Waals surface area contributed by atoms with Gasteiger partial charge in [0.2, 0.25) is 0 Å². The molecule has 0 aromatic heterocycles. The van der Waals surface area contributed by atoms with Gasteiger partial charge in [0, 0.05) is 11.1 Å². The molecule has 1 atom stereocenters. The van der Waals surface area contributed by atoms with Crippen LogP contribution < -0.4 is 0 Å². The molecular formula is C15H13NO4S. The Morgan fingerprint density at radius 3 is 2.57 bits per heavy atom. The number of carbonyl (C=O) groups excluding carboxylic acids is 3.